The van der Waals surface area contributed by atoms with Gasteiger partial charge in [-0.2, -0.15) is 0 Å². The van der Waals surface area contributed by atoms with Gasteiger partial charge in [-0.15, -0.1) is 0 Å². The number of nitrogens with two attached hydrogens (primary N) is 1. The van der Waals surface area contributed by atoms with E-state index in [4.69, 9.17) is 10.8 Å². The molecule has 0 radical (unpaired) electrons. The fourth-order valence-electron chi connectivity index (χ4n) is 1.20. The van der Waals surface area contributed by atoms with Gasteiger partial charge in [0.2, 0.25) is 0 Å². The van der Waals surface area contributed by atoms with Crippen LogP contribution in [0.15, 0.2) is 0 Å². The molecule has 1 saturated heterocycles. The van der Waals surface area contributed by atoms with Crippen molar-refractivity contribution in [2.24, 2.45) is 11.7 Å². The van der Waals surface area contributed by atoms with E-state index in [1.54, 1.807) is 0 Å². The predicted octanol–water partition coefficient (Wildman–Crippen LogP) is -2.11. The van der Waals surface area contributed by atoms with Crippen LogP contribution in [0.2, 0.25) is 0 Å². The highest BCUT2D eigenvalue weighted by molar-refractivity contribution is 4.86. The first kappa shape index (κ1) is 7.94. The van der Waals surface area contributed by atoms with Crippen LogP contribution < -0.4 is 11.1 Å². The Labute approximate surface area is 60.0 Å². The molecule has 5 N–H and O–H groups in total. The van der Waals surface area contributed by atoms with E-state index in [1.807, 2.05) is 0 Å². The van der Waals surface area contributed by atoms with E-state index in [9.17, 15) is 5.11 Å². The molecule has 0 amide bonds. The molecule has 1 heterocycles. The molecule has 1 aliphatic heterocycles. The highest BCUT2D eigenvalue weighted by Gasteiger charge is 2.28. The van der Waals surface area contributed by atoms with Crippen molar-refractivity contribution in [3.63, 3.8) is 0 Å². The average Bonchev–Trinajstić information content (AvgIpc) is 1.95. The van der Waals surface area contributed by atoms with Crippen LogP contribution in [-0.2, 0) is 0 Å². The monoisotopic (exact) mass is 146 g/mol. The normalized spacial score (nSPS) is 41.7. The van der Waals surface area contributed by atoms with Crippen molar-refractivity contribution in [1.82, 2.24) is 5.32 Å². The van der Waals surface area contributed by atoms with Crippen molar-refractivity contribution in [2.45, 2.75) is 12.1 Å². The second-order valence-corrected chi connectivity index (χ2v) is 2.76. The van der Waals surface area contributed by atoms with Crippen LogP contribution >= 0.6 is 0 Å². The summed E-state index contributed by atoms with van der Waals surface area (Å²) < 4.78 is 0. The van der Waals surface area contributed by atoms with Crippen LogP contribution in [0.4, 0.5) is 0 Å². The van der Waals surface area contributed by atoms with Crippen LogP contribution in [0.25, 0.3) is 0 Å². The Morgan fingerprint density at radius 1 is 1.50 bits per heavy atom. The molecule has 0 saturated carbocycles. The number of nitrogens with one attached hydrogen (secondary N) is 1. The first-order valence-corrected chi connectivity index (χ1v) is 3.51. The van der Waals surface area contributed by atoms with Crippen molar-refractivity contribution in [3.8, 4) is 0 Å². The minimum atomic E-state index is -0.550. The van der Waals surface area contributed by atoms with E-state index < -0.39 is 6.10 Å². The van der Waals surface area contributed by atoms with Gasteiger partial charge in [-0.25, -0.2) is 0 Å². The first-order valence-electron chi connectivity index (χ1n) is 3.51. The molecule has 1 aliphatic rings. The lowest BCUT2D eigenvalue weighted by Crippen LogP contribution is -2.55. The summed E-state index contributed by atoms with van der Waals surface area (Å²) in [6.45, 7) is 1.30. The predicted molar refractivity (Wildman–Crippen MR) is 37.4 cm³/mol. The fraction of sp³-hybridized carbons (Fsp3) is 1.00. The maximum atomic E-state index is 9.31. The number of aliphatic hydroxyl groups is 2. The van der Waals surface area contributed by atoms with E-state index in [0.717, 1.165) is 0 Å². The Balaban J connectivity index is 2.42. The van der Waals surface area contributed by atoms with Crippen molar-refractivity contribution >= 4 is 0 Å². The molecule has 0 aromatic carbocycles. The molecule has 0 spiro atoms. The van der Waals surface area contributed by atoms with E-state index in [-0.39, 0.29) is 18.6 Å². The molecule has 0 bridgehead atoms. The van der Waals surface area contributed by atoms with E-state index in [2.05, 4.69) is 5.32 Å². The molecule has 0 aliphatic carbocycles. The first-order chi connectivity index (χ1) is 4.75. The Morgan fingerprint density at radius 3 is 2.70 bits per heavy atom. The highest BCUT2D eigenvalue weighted by atomic mass is 16.3. The zero-order chi connectivity index (χ0) is 7.56. The van der Waals surface area contributed by atoms with Gasteiger partial charge in [0.15, 0.2) is 0 Å². The Kier molecular flexibility index (Phi) is 2.62. The summed E-state index contributed by atoms with van der Waals surface area (Å²) >= 11 is 0. The second-order valence-electron chi connectivity index (χ2n) is 2.76. The molecule has 60 valence electrons. The summed E-state index contributed by atoms with van der Waals surface area (Å²) in [5.41, 5.74) is 5.52. The molecule has 4 heteroatoms. The quantitative estimate of drug-likeness (QED) is 0.341. The van der Waals surface area contributed by atoms with Crippen LogP contribution in [0.1, 0.15) is 0 Å². The maximum absolute atomic E-state index is 9.31. The molecule has 10 heavy (non-hydrogen) atoms. The zero-order valence-corrected chi connectivity index (χ0v) is 5.83. The largest absolute Gasteiger partial charge is 0.396 e. The lowest BCUT2D eigenvalue weighted by atomic mass is 9.94. The zero-order valence-electron chi connectivity index (χ0n) is 5.83. The third-order valence-electron chi connectivity index (χ3n) is 1.94. The van der Waals surface area contributed by atoms with Crippen LogP contribution in [-0.4, -0.2) is 42.1 Å². The average molecular weight is 146 g/mol. The SMILES string of the molecule is N[C@@H]1CNC[C@H](CO)[C@@H]1O. The molecular formula is C6H14N2O2. The highest BCUT2D eigenvalue weighted by Crippen LogP contribution is 2.08. The summed E-state index contributed by atoms with van der Waals surface area (Å²) in [6.07, 6.45) is -0.550. The molecule has 1 rings (SSSR count). The van der Waals surface area contributed by atoms with E-state index in [1.165, 1.54) is 0 Å². The Bertz CT molecular complexity index is 110. The van der Waals surface area contributed by atoms with Gasteiger partial charge in [-0.3, -0.25) is 0 Å². The molecule has 0 aromatic heterocycles. The van der Waals surface area contributed by atoms with Gasteiger partial charge >= 0.3 is 0 Å². The Morgan fingerprint density at radius 2 is 2.20 bits per heavy atom. The number of piperidine rings is 1. The minimum Gasteiger partial charge on any atom is -0.396 e. The third-order valence-corrected chi connectivity index (χ3v) is 1.94. The van der Waals surface area contributed by atoms with Crippen molar-refractivity contribution in [1.29, 1.82) is 0 Å². The number of rotatable bonds is 1. The summed E-state index contributed by atoms with van der Waals surface area (Å²) in [5, 5.41) is 21.1. The van der Waals surface area contributed by atoms with Gasteiger partial charge in [0.25, 0.3) is 0 Å². The molecule has 1 fully saturated rings. The topological polar surface area (TPSA) is 78.5 Å². The van der Waals surface area contributed by atoms with E-state index in [0.29, 0.717) is 13.1 Å². The minimum absolute atomic E-state index is 0.00185. The van der Waals surface area contributed by atoms with Gasteiger partial charge in [0.05, 0.1) is 6.10 Å². The number of hydrogen-bond acceptors (Lipinski definition) is 4. The van der Waals surface area contributed by atoms with Gasteiger partial charge < -0.3 is 21.3 Å². The summed E-state index contributed by atoms with van der Waals surface area (Å²) in [6, 6.07) is -0.231. The summed E-state index contributed by atoms with van der Waals surface area (Å²) in [7, 11) is 0. The molecular weight excluding hydrogens is 132 g/mol. The maximum Gasteiger partial charge on any atom is 0.0765 e. The third kappa shape index (κ3) is 1.46. The molecule has 0 unspecified atom stereocenters. The molecule has 0 aromatic rings. The molecule has 3 atom stereocenters. The van der Waals surface area contributed by atoms with Gasteiger partial charge in [-0.05, 0) is 0 Å². The number of hydrogen-bond donors (Lipinski definition) is 4. The standard InChI is InChI=1S/C6H14N2O2/c7-5-2-8-1-4(3-9)6(5)10/h4-6,8-10H,1-3,7H2/t4-,5-,6+/m1/s1. The van der Waals surface area contributed by atoms with Crippen molar-refractivity contribution in [2.75, 3.05) is 19.7 Å². The van der Waals surface area contributed by atoms with Crippen molar-refractivity contribution < 1.29 is 10.2 Å². The van der Waals surface area contributed by atoms with Crippen molar-refractivity contribution in [3.05, 3.63) is 0 Å². The second kappa shape index (κ2) is 3.30. The lowest BCUT2D eigenvalue weighted by molar-refractivity contribution is 0.0303. The molecule has 4 nitrogen and oxygen atoms in total. The van der Waals surface area contributed by atoms with Gasteiger partial charge in [0, 0.05) is 31.7 Å². The van der Waals surface area contributed by atoms with E-state index >= 15 is 0 Å². The lowest BCUT2D eigenvalue weighted by Gasteiger charge is -2.31. The van der Waals surface area contributed by atoms with Crippen LogP contribution in [0, 0.1) is 5.92 Å². The Hall–Kier alpha value is -0.160. The summed E-state index contributed by atoms with van der Waals surface area (Å²) in [4.78, 5) is 0. The van der Waals surface area contributed by atoms with Crippen LogP contribution in [0.5, 0.6) is 0 Å². The number of aliphatic hydroxyl groups excluding tert-OH is 2. The smallest absolute Gasteiger partial charge is 0.0765 e. The van der Waals surface area contributed by atoms with Gasteiger partial charge in [0.1, 0.15) is 0 Å². The van der Waals surface area contributed by atoms with Crippen LogP contribution in [0.3, 0.4) is 0 Å². The van der Waals surface area contributed by atoms with Gasteiger partial charge in [-0.1, -0.05) is 0 Å². The summed E-state index contributed by atoms with van der Waals surface area (Å²) in [5.74, 6) is -0.0938. The fourth-order valence-corrected chi connectivity index (χ4v) is 1.20.